The second-order valence-electron chi connectivity index (χ2n) is 6.10. The van der Waals surface area contributed by atoms with E-state index >= 15 is 0 Å². The first-order chi connectivity index (χ1) is 9.48. The topological polar surface area (TPSA) is 32.3 Å². The lowest BCUT2D eigenvalue weighted by atomic mass is 9.86. The van der Waals surface area contributed by atoms with E-state index < -0.39 is 6.10 Å². The summed E-state index contributed by atoms with van der Waals surface area (Å²) in [6, 6.07) is 18.0. The highest BCUT2D eigenvalue weighted by atomic mass is 16.3. The first-order valence-electron chi connectivity index (χ1n) is 7.05. The Morgan fingerprint density at radius 3 is 2.20 bits per heavy atom. The van der Waals surface area contributed by atoms with Crippen molar-refractivity contribution in [3.63, 3.8) is 0 Å². The maximum atomic E-state index is 10.2. The summed E-state index contributed by atoms with van der Waals surface area (Å²) >= 11 is 0. The molecule has 2 rings (SSSR count). The normalized spacial score (nSPS) is 13.0. The summed E-state index contributed by atoms with van der Waals surface area (Å²) in [5, 5.41) is 13.6. The van der Waals surface area contributed by atoms with Crippen LogP contribution in [0, 0.1) is 0 Å². The zero-order chi connectivity index (χ0) is 14.6. The second-order valence-corrected chi connectivity index (χ2v) is 6.10. The number of nitrogens with one attached hydrogen (secondary N) is 1. The molecule has 0 aromatic heterocycles. The van der Waals surface area contributed by atoms with E-state index in [1.54, 1.807) is 0 Å². The van der Waals surface area contributed by atoms with Crippen LogP contribution in [0.3, 0.4) is 0 Å². The van der Waals surface area contributed by atoms with Gasteiger partial charge in [-0.3, -0.25) is 0 Å². The monoisotopic (exact) mass is 269 g/mol. The predicted octanol–water partition coefficient (Wildman–Crippen LogP) is 4.13. The molecule has 1 unspecified atom stereocenters. The molecule has 1 atom stereocenters. The molecule has 0 saturated heterocycles. The molecular formula is C18H23NO. The van der Waals surface area contributed by atoms with Crippen LogP contribution in [0.1, 0.15) is 38.0 Å². The van der Waals surface area contributed by atoms with Crippen LogP contribution in [0.15, 0.2) is 54.6 Å². The molecule has 2 nitrogen and oxygen atoms in total. The van der Waals surface area contributed by atoms with E-state index in [1.807, 2.05) is 36.4 Å². The summed E-state index contributed by atoms with van der Waals surface area (Å²) in [4.78, 5) is 0. The number of para-hydroxylation sites is 1. The van der Waals surface area contributed by atoms with E-state index in [1.165, 1.54) is 5.56 Å². The van der Waals surface area contributed by atoms with Gasteiger partial charge < -0.3 is 10.4 Å². The zero-order valence-corrected chi connectivity index (χ0v) is 12.4. The lowest BCUT2D eigenvalue weighted by Gasteiger charge is -2.24. The van der Waals surface area contributed by atoms with Crippen LogP contribution < -0.4 is 5.32 Å². The van der Waals surface area contributed by atoms with Crippen molar-refractivity contribution < 1.29 is 5.11 Å². The fourth-order valence-electron chi connectivity index (χ4n) is 2.29. The van der Waals surface area contributed by atoms with Crippen molar-refractivity contribution in [3.05, 3.63) is 65.7 Å². The van der Waals surface area contributed by atoms with Crippen molar-refractivity contribution in [2.24, 2.45) is 0 Å². The van der Waals surface area contributed by atoms with Crippen LogP contribution in [0.5, 0.6) is 0 Å². The van der Waals surface area contributed by atoms with Gasteiger partial charge in [-0.05, 0) is 22.6 Å². The van der Waals surface area contributed by atoms with Crippen molar-refractivity contribution in [1.82, 2.24) is 0 Å². The van der Waals surface area contributed by atoms with E-state index in [-0.39, 0.29) is 5.41 Å². The molecule has 0 aliphatic rings. The van der Waals surface area contributed by atoms with E-state index in [4.69, 9.17) is 0 Å². The Bertz CT molecular complexity index is 543. The first-order valence-corrected chi connectivity index (χ1v) is 7.05. The molecule has 0 fully saturated rings. The van der Waals surface area contributed by atoms with Crippen molar-refractivity contribution in [2.75, 3.05) is 11.9 Å². The van der Waals surface area contributed by atoms with Crippen LogP contribution in [0.25, 0.3) is 0 Å². The number of hydrogen-bond acceptors (Lipinski definition) is 2. The summed E-state index contributed by atoms with van der Waals surface area (Å²) in [5.41, 5.74) is 3.38. The number of aliphatic hydroxyl groups excluding tert-OH is 1. The highest BCUT2D eigenvalue weighted by Crippen LogP contribution is 2.29. The standard InChI is InChI=1S/C18H23NO/c1-18(2,3)15-11-7-8-12-16(15)19-13-17(20)14-9-5-4-6-10-14/h4-12,17,19-20H,13H2,1-3H3. The van der Waals surface area contributed by atoms with Crippen molar-refractivity contribution in [2.45, 2.75) is 32.3 Å². The van der Waals surface area contributed by atoms with Gasteiger partial charge in [-0.15, -0.1) is 0 Å². The van der Waals surface area contributed by atoms with Gasteiger partial charge in [-0.1, -0.05) is 69.3 Å². The van der Waals surface area contributed by atoms with E-state index in [0.29, 0.717) is 6.54 Å². The molecule has 0 spiro atoms. The summed E-state index contributed by atoms with van der Waals surface area (Å²) < 4.78 is 0. The Morgan fingerprint density at radius 1 is 0.950 bits per heavy atom. The fourth-order valence-corrected chi connectivity index (χ4v) is 2.29. The number of rotatable bonds is 4. The lowest BCUT2D eigenvalue weighted by Crippen LogP contribution is -2.18. The molecule has 2 aromatic carbocycles. The highest BCUT2D eigenvalue weighted by Gasteiger charge is 2.17. The zero-order valence-electron chi connectivity index (χ0n) is 12.4. The van der Waals surface area contributed by atoms with Gasteiger partial charge in [-0.25, -0.2) is 0 Å². The van der Waals surface area contributed by atoms with Gasteiger partial charge >= 0.3 is 0 Å². The summed E-state index contributed by atoms with van der Waals surface area (Å²) in [6.45, 7) is 7.10. The Morgan fingerprint density at radius 2 is 1.55 bits per heavy atom. The smallest absolute Gasteiger partial charge is 0.0962 e. The average Bonchev–Trinajstić information content (AvgIpc) is 2.45. The Kier molecular flexibility index (Phi) is 4.46. The van der Waals surface area contributed by atoms with Gasteiger partial charge in [0.2, 0.25) is 0 Å². The maximum absolute atomic E-state index is 10.2. The SMILES string of the molecule is CC(C)(C)c1ccccc1NCC(O)c1ccccc1. The molecule has 2 aromatic rings. The molecule has 0 aliphatic carbocycles. The van der Waals surface area contributed by atoms with Crippen molar-refractivity contribution in [3.8, 4) is 0 Å². The van der Waals surface area contributed by atoms with Crippen LogP contribution in [0.4, 0.5) is 5.69 Å². The minimum atomic E-state index is -0.496. The molecule has 2 N–H and O–H groups in total. The quantitative estimate of drug-likeness (QED) is 0.874. The summed E-state index contributed by atoms with van der Waals surface area (Å²) in [6.07, 6.45) is -0.496. The first kappa shape index (κ1) is 14.6. The minimum absolute atomic E-state index is 0.0846. The van der Waals surface area contributed by atoms with Gasteiger partial charge in [0.1, 0.15) is 0 Å². The van der Waals surface area contributed by atoms with Crippen LogP contribution in [-0.2, 0) is 5.41 Å². The predicted molar refractivity (Wildman–Crippen MR) is 85.0 cm³/mol. The van der Waals surface area contributed by atoms with E-state index in [0.717, 1.165) is 11.3 Å². The number of benzene rings is 2. The molecule has 20 heavy (non-hydrogen) atoms. The largest absolute Gasteiger partial charge is 0.387 e. The fraction of sp³-hybridized carbons (Fsp3) is 0.333. The number of aliphatic hydroxyl groups is 1. The molecule has 0 heterocycles. The highest BCUT2D eigenvalue weighted by molar-refractivity contribution is 5.54. The Hall–Kier alpha value is -1.80. The third kappa shape index (κ3) is 3.61. The van der Waals surface area contributed by atoms with Crippen LogP contribution in [0.2, 0.25) is 0 Å². The molecular weight excluding hydrogens is 246 g/mol. The summed E-state index contributed by atoms with van der Waals surface area (Å²) in [5.74, 6) is 0. The van der Waals surface area contributed by atoms with E-state index in [9.17, 15) is 5.11 Å². The van der Waals surface area contributed by atoms with Crippen molar-refractivity contribution in [1.29, 1.82) is 0 Å². The van der Waals surface area contributed by atoms with Gasteiger partial charge in [0.25, 0.3) is 0 Å². The van der Waals surface area contributed by atoms with Gasteiger partial charge in [-0.2, -0.15) is 0 Å². The molecule has 2 heteroatoms. The molecule has 0 radical (unpaired) electrons. The molecule has 0 aliphatic heterocycles. The third-order valence-corrected chi connectivity index (χ3v) is 3.41. The van der Waals surface area contributed by atoms with Gasteiger partial charge in [0, 0.05) is 12.2 Å². The van der Waals surface area contributed by atoms with Gasteiger partial charge in [0.15, 0.2) is 0 Å². The lowest BCUT2D eigenvalue weighted by molar-refractivity contribution is 0.191. The average molecular weight is 269 g/mol. The van der Waals surface area contributed by atoms with Gasteiger partial charge in [0.05, 0.1) is 6.10 Å². The third-order valence-electron chi connectivity index (χ3n) is 3.41. The molecule has 0 saturated carbocycles. The number of anilines is 1. The second kappa shape index (κ2) is 6.10. The maximum Gasteiger partial charge on any atom is 0.0962 e. The number of hydrogen-bond donors (Lipinski definition) is 2. The van der Waals surface area contributed by atoms with Crippen molar-refractivity contribution >= 4 is 5.69 Å². The molecule has 106 valence electrons. The van der Waals surface area contributed by atoms with E-state index in [2.05, 4.69) is 44.3 Å². The van der Waals surface area contributed by atoms with Crippen LogP contribution in [-0.4, -0.2) is 11.7 Å². The Balaban J connectivity index is 2.08. The Labute approximate surface area is 121 Å². The summed E-state index contributed by atoms with van der Waals surface area (Å²) in [7, 11) is 0. The molecule has 0 bridgehead atoms. The molecule has 0 amide bonds. The minimum Gasteiger partial charge on any atom is -0.387 e. The van der Waals surface area contributed by atoms with Crippen LogP contribution >= 0.6 is 0 Å².